The highest BCUT2D eigenvalue weighted by Gasteiger charge is 2.25. The van der Waals surface area contributed by atoms with Crippen LogP contribution in [0.25, 0.3) is 0 Å². The van der Waals surface area contributed by atoms with Gasteiger partial charge in [0.15, 0.2) is 0 Å². The zero-order valence-corrected chi connectivity index (χ0v) is 12.8. The number of rotatable bonds is 3. The summed E-state index contributed by atoms with van der Waals surface area (Å²) < 4.78 is 22.6. The van der Waals surface area contributed by atoms with E-state index in [1.165, 1.54) is 0 Å². The van der Waals surface area contributed by atoms with Crippen molar-refractivity contribution in [2.24, 2.45) is 0 Å². The maximum absolute atomic E-state index is 11.7. The molecule has 0 saturated carbocycles. The van der Waals surface area contributed by atoms with Gasteiger partial charge in [-0.2, -0.15) is 0 Å². The molecule has 1 amide bonds. The van der Waals surface area contributed by atoms with Crippen LogP contribution in [0.4, 0.5) is 0 Å². The molecule has 1 aromatic carbocycles. The summed E-state index contributed by atoms with van der Waals surface area (Å²) >= 11 is 17.4. The van der Waals surface area contributed by atoms with Crippen molar-refractivity contribution >= 4 is 60.4 Å². The summed E-state index contributed by atoms with van der Waals surface area (Å²) in [6, 6.07) is 0.997. The van der Waals surface area contributed by atoms with Gasteiger partial charge in [-0.3, -0.25) is 4.79 Å². The van der Waals surface area contributed by atoms with Gasteiger partial charge >= 0.3 is 0 Å². The molecule has 0 saturated heterocycles. The van der Waals surface area contributed by atoms with Gasteiger partial charge in [0.2, 0.25) is 0 Å². The average Bonchev–Trinajstić information content (AvgIpc) is 2.22. The summed E-state index contributed by atoms with van der Waals surface area (Å²) in [4.78, 5) is 11.3. The van der Waals surface area contributed by atoms with Gasteiger partial charge in [-0.1, -0.05) is 34.8 Å². The van der Waals surface area contributed by atoms with Gasteiger partial charge in [0, 0.05) is 17.2 Å². The smallest absolute Gasteiger partial charge is 0.262 e. The highest BCUT2D eigenvalue weighted by molar-refractivity contribution is 8.13. The standard InChI is InChI=1S/C9H7Cl4NO3S/c1-2-14-9(15)6-7(11)4(10)3-5(8(6)12)18(13,16)17/h3H,2H2,1H3,(H,14,15). The van der Waals surface area contributed by atoms with Crippen molar-refractivity contribution in [1.82, 2.24) is 5.32 Å². The van der Waals surface area contributed by atoms with Crippen LogP contribution in [0.3, 0.4) is 0 Å². The maximum Gasteiger partial charge on any atom is 0.262 e. The van der Waals surface area contributed by atoms with Gasteiger partial charge in [-0.25, -0.2) is 8.42 Å². The number of amides is 1. The molecule has 9 heteroatoms. The minimum absolute atomic E-state index is 0.124. The predicted molar refractivity (Wildman–Crippen MR) is 72.5 cm³/mol. The summed E-state index contributed by atoms with van der Waals surface area (Å²) in [6.45, 7) is 2.00. The minimum Gasteiger partial charge on any atom is -0.352 e. The van der Waals surface area contributed by atoms with Crippen LogP contribution in [0.1, 0.15) is 17.3 Å². The Balaban J connectivity index is 3.61. The Hall–Kier alpha value is -0.200. The Morgan fingerprint density at radius 1 is 1.28 bits per heavy atom. The lowest BCUT2D eigenvalue weighted by atomic mass is 10.2. The topological polar surface area (TPSA) is 63.2 Å². The Morgan fingerprint density at radius 2 is 1.83 bits per heavy atom. The third-order valence-corrected chi connectivity index (χ3v) is 4.59. The van der Waals surface area contributed by atoms with Crippen molar-refractivity contribution in [3.8, 4) is 0 Å². The van der Waals surface area contributed by atoms with Crippen molar-refractivity contribution < 1.29 is 13.2 Å². The first kappa shape index (κ1) is 15.9. The SMILES string of the molecule is CCNC(=O)c1c(Cl)c(Cl)cc(S(=O)(=O)Cl)c1Cl. The van der Waals surface area contributed by atoms with Crippen LogP contribution < -0.4 is 5.32 Å². The molecule has 0 atom stereocenters. The first-order chi connectivity index (χ1) is 8.20. The number of halogens is 4. The molecular formula is C9H7Cl4NO3S. The van der Waals surface area contributed by atoms with Gasteiger partial charge in [-0.15, -0.1) is 0 Å². The Kier molecular flexibility index (Phi) is 5.14. The second-order valence-corrected chi connectivity index (χ2v) is 6.85. The molecule has 0 aromatic heterocycles. The van der Waals surface area contributed by atoms with E-state index in [9.17, 15) is 13.2 Å². The molecule has 100 valence electrons. The van der Waals surface area contributed by atoms with Crippen molar-refractivity contribution in [2.45, 2.75) is 11.8 Å². The molecule has 0 aliphatic carbocycles. The third kappa shape index (κ3) is 3.22. The fourth-order valence-electron chi connectivity index (χ4n) is 1.21. The van der Waals surface area contributed by atoms with E-state index < -0.39 is 19.9 Å². The molecule has 0 heterocycles. The van der Waals surface area contributed by atoms with E-state index in [2.05, 4.69) is 5.32 Å². The van der Waals surface area contributed by atoms with Crippen molar-refractivity contribution in [3.05, 3.63) is 26.7 Å². The number of hydrogen-bond acceptors (Lipinski definition) is 3. The largest absolute Gasteiger partial charge is 0.352 e. The van der Waals surface area contributed by atoms with E-state index in [1.807, 2.05) is 0 Å². The monoisotopic (exact) mass is 349 g/mol. The van der Waals surface area contributed by atoms with Gasteiger partial charge in [0.05, 0.1) is 20.6 Å². The molecule has 0 aliphatic heterocycles. The molecule has 4 nitrogen and oxygen atoms in total. The fraction of sp³-hybridized carbons (Fsp3) is 0.222. The van der Waals surface area contributed by atoms with Gasteiger partial charge in [0.25, 0.3) is 15.0 Å². The highest BCUT2D eigenvalue weighted by atomic mass is 35.7. The zero-order chi connectivity index (χ0) is 14.1. The predicted octanol–water partition coefficient (Wildman–Crippen LogP) is 3.32. The van der Waals surface area contributed by atoms with Crippen LogP contribution in [0, 0.1) is 0 Å². The molecule has 0 spiro atoms. The lowest BCUT2D eigenvalue weighted by molar-refractivity contribution is 0.0956. The number of benzene rings is 1. The molecule has 0 radical (unpaired) electrons. The summed E-state index contributed by atoms with van der Waals surface area (Å²) in [5.41, 5.74) is -0.216. The average molecular weight is 351 g/mol. The van der Waals surface area contributed by atoms with E-state index in [0.29, 0.717) is 6.54 Å². The van der Waals surface area contributed by atoms with Crippen LogP contribution in [-0.4, -0.2) is 20.9 Å². The number of carbonyl (C=O) groups excluding carboxylic acids is 1. The Bertz CT molecular complexity index is 600. The molecule has 0 aliphatic rings. The molecular weight excluding hydrogens is 344 g/mol. The quantitative estimate of drug-likeness (QED) is 0.671. The molecule has 0 unspecified atom stereocenters. The molecule has 0 bridgehead atoms. The number of hydrogen-bond donors (Lipinski definition) is 1. The Morgan fingerprint density at radius 3 is 2.28 bits per heavy atom. The van der Waals surface area contributed by atoms with Crippen molar-refractivity contribution in [1.29, 1.82) is 0 Å². The summed E-state index contributed by atoms with van der Waals surface area (Å²) in [5, 5.41) is 1.84. The zero-order valence-electron chi connectivity index (χ0n) is 8.93. The van der Waals surface area contributed by atoms with Gasteiger partial charge < -0.3 is 5.32 Å². The number of nitrogens with one attached hydrogen (secondary N) is 1. The Labute approximate surface area is 124 Å². The highest BCUT2D eigenvalue weighted by Crippen LogP contribution is 2.37. The van der Waals surface area contributed by atoms with E-state index >= 15 is 0 Å². The van der Waals surface area contributed by atoms with Crippen LogP contribution in [0.15, 0.2) is 11.0 Å². The first-order valence-corrected chi connectivity index (χ1v) is 8.04. The molecule has 1 rings (SSSR count). The molecule has 0 fully saturated rings. The maximum atomic E-state index is 11.7. The lowest BCUT2D eigenvalue weighted by Gasteiger charge is -2.11. The minimum atomic E-state index is -4.13. The van der Waals surface area contributed by atoms with Crippen LogP contribution in [0.2, 0.25) is 15.1 Å². The van der Waals surface area contributed by atoms with Crippen LogP contribution in [0.5, 0.6) is 0 Å². The summed E-state index contributed by atoms with van der Waals surface area (Å²) in [5.74, 6) is -0.628. The first-order valence-electron chi connectivity index (χ1n) is 4.60. The van der Waals surface area contributed by atoms with Crippen molar-refractivity contribution in [2.75, 3.05) is 6.54 Å². The van der Waals surface area contributed by atoms with Crippen LogP contribution >= 0.6 is 45.5 Å². The van der Waals surface area contributed by atoms with E-state index in [-0.39, 0.29) is 20.6 Å². The van der Waals surface area contributed by atoms with Crippen LogP contribution in [-0.2, 0) is 9.05 Å². The summed E-state index contributed by atoms with van der Waals surface area (Å²) in [6.07, 6.45) is 0. The molecule has 1 aromatic rings. The normalized spacial score (nSPS) is 11.4. The van der Waals surface area contributed by atoms with E-state index in [4.69, 9.17) is 45.5 Å². The summed E-state index contributed by atoms with van der Waals surface area (Å²) in [7, 11) is 1.07. The molecule has 1 N–H and O–H groups in total. The van der Waals surface area contributed by atoms with E-state index in [1.54, 1.807) is 6.92 Å². The second-order valence-electron chi connectivity index (χ2n) is 3.16. The number of carbonyl (C=O) groups is 1. The fourth-order valence-corrected chi connectivity index (χ4v) is 3.36. The second kappa shape index (κ2) is 5.84. The van der Waals surface area contributed by atoms with Gasteiger partial charge in [0.1, 0.15) is 4.90 Å². The van der Waals surface area contributed by atoms with Crippen molar-refractivity contribution in [3.63, 3.8) is 0 Å². The molecule has 18 heavy (non-hydrogen) atoms. The van der Waals surface area contributed by atoms with Gasteiger partial charge in [-0.05, 0) is 13.0 Å². The third-order valence-electron chi connectivity index (χ3n) is 1.95. The lowest BCUT2D eigenvalue weighted by Crippen LogP contribution is -2.24. The van der Waals surface area contributed by atoms with E-state index in [0.717, 1.165) is 6.07 Å².